The first kappa shape index (κ1) is 15.2. The van der Waals surface area contributed by atoms with E-state index < -0.39 is 0 Å². The maximum atomic E-state index is 11.9. The molecule has 0 aromatic heterocycles. The van der Waals surface area contributed by atoms with Crippen LogP contribution in [0.5, 0.6) is 0 Å². The molecule has 0 unspecified atom stereocenters. The largest absolute Gasteiger partial charge is 0.395 e. The molecule has 1 fully saturated rings. The molecule has 0 heterocycles. The van der Waals surface area contributed by atoms with E-state index in [0.717, 1.165) is 23.2 Å². The standard InChI is InChI=1S/C17H25NO2/c1-11-9-12(2)17(14(4)20)13(3)16(11)10-18(7-8-19)15-5-6-15/h9,15,19H,5-8,10H2,1-4H3. The Hall–Kier alpha value is -1.19. The average Bonchev–Trinajstić information content (AvgIpc) is 3.16. The molecule has 110 valence electrons. The van der Waals surface area contributed by atoms with E-state index in [0.29, 0.717) is 12.6 Å². The summed E-state index contributed by atoms with van der Waals surface area (Å²) < 4.78 is 0. The van der Waals surface area contributed by atoms with E-state index in [4.69, 9.17) is 0 Å². The number of ketones is 1. The summed E-state index contributed by atoms with van der Waals surface area (Å²) in [5.41, 5.74) is 5.54. The van der Waals surface area contributed by atoms with Crippen molar-refractivity contribution in [2.45, 2.75) is 53.1 Å². The van der Waals surface area contributed by atoms with E-state index in [1.54, 1.807) is 6.92 Å². The van der Waals surface area contributed by atoms with Gasteiger partial charge >= 0.3 is 0 Å². The zero-order chi connectivity index (χ0) is 14.9. The molecule has 0 spiro atoms. The smallest absolute Gasteiger partial charge is 0.160 e. The second-order valence-corrected chi connectivity index (χ2v) is 5.97. The third kappa shape index (κ3) is 3.10. The first-order valence-corrected chi connectivity index (χ1v) is 7.41. The van der Waals surface area contributed by atoms with Crippen molar-refractivity contribution in [2.75, 3.05) is 13.2 Å². The molecule has 0 amide bonds. The highest BCUT2D eigenvalue weighted by atomic mass is 16.3. The van der Waals surface area contributed by atoms with Crippen LogP contribution in [0.1, 0.15) is 52.4 Å². The van der Waals surface area contributed by atoms with Gasteiger partial charge in [-0.1, -0.05) is 6.07 Å². The van der Waals surface area contributed by atoms with Crippen LogP contribution >= 0.6 is 0 Å². The predicted molar refractivity (Wildman–Crippen MR) is 81.2 cm³/mol. The lowest BCUT2D eigenvalue weighted by atomic mass is 9.91. The lowest BCUT2D eigenvalue weighted by molar-refractivity contribution is 0.101. The van der Waals surface area contributed by atoms with Gasteiger partial charge in [-0.25, -0.2) is 0 Å². The summed E-state index contributed by atoms with van der Waals surface area (Å²) in [7, 11) is 0. The van der Waals surface area contributed by atoms with Crippen LogP contribution in [0.2, 0.25) is 0 Å². The Morgan fingerprint density at radius 3 is 2.45 bits per heavy atom. The highest BCUT2D eigenvalue weighted by Crippen LogP contribution is 2.30. The molecule has 1 N–H and O–H groups in total. The molecule has 0 aliphatic heterocycles. The third-order valence-electron chi connectivity index (χ3n) is 4.29. The summed E-state index contributed by atoms with van der Waals surface area (Å²) in [6.45, 7) is 9.56. The van der Waals surface area contributed by atoms with Gasteiger partial charge in [0.05, 0.1) is 6.61 Å². The zero-order valence-corrected chi connectivity index (χ0v) is 13.0. The predicted octanol–water partition coefficient (Wildman–Crippen LogP) is 2.77. The molecule has 3 heteroatoms. The van der Waals surface area contributed by atoms with Crippen molar-refractivity contribution in [3.05, 3.63) is 33.9 Å². The van der Waals surface area contributed by atoms with Crippen molar-refractivity contribution in [3.63, 3.8) is 0 Å². The molecule has 0 radical (unpaired) electrons. The van der Waals surface area contributed by atoms with Gasteiger partial charge in [-0.05, 0) is 62.8 Å². The molecule has 0 saturated heterocycles. The fourth-order valence-corrected chi connectivity index (χ4v) is 3.17. The zero-order valence-electron chi connectivity index (χ0n) is 13.0. The van der Waals surface area contributed by atoms with Crippen LogP contribution in [0.3, 0.4) is 0 Å². The molecule has 0 atom stereocenters. The second kappa shape index (κ2) is 6.06. The van der Waals surface area contributed by atoms with Crippen LogP contribution in [-0.4, -0.2) is 35.0 Å². The number of aryl methyl sites for hydroxylation is 2. The number of hydrogen-bond acceptors (Lipinski definition) is 3. The molecular weight excluding hydrogens is 250 g/mol. The van der Waals surface area contributed by atoms with Crippen LogP contribution in [0.4, 0.5) is 0 Å². The molecule has 2 rings (SSSR count). The monoisotopic (exact) mass is 275 g/mol. The minimum absolute atomic E-state index is 0.140. The number of carbonyl (C=O) groups excluding carboxylic acids is 1. The summed E-state index contributed by atoms with van der Waals surface area (Å²) in [6.07, 6.45) is 2.45. The second-order valence-electron chi connectivity index (χ2n) is 5.97. The van der Waals surface area contributed by atoms with Gasteiger partial charge in [0, 0.05) is 24.7 Å². The number of aliphatic hydroxyl groups excluding tert-OH is 1. The van der Waals surface area contributed by atoms with E-state index in [9.17, 15) is 9.90 Å². The maximum absolute atomic E-state index is 11.9. The third-order valence-corrected chi connectivity index (χ3v) is 4.29. The van der Waals surface area contributed by atoms with E-state index in [2.05, 4.69) is 24.8 Å². The van der Waals surface area contributed by atoms with E-state index in [-0.39, 0.29) is 12.4 Å². The van der Waals surface area contributed by atoms with Crippen molar-refractivity contribution < 1.29 is 9.90 Å². The van der Waals surface area contributed by atoms with Crippen LogP contribution in [0.25, 0.3) is 0 Å². The highest BCUT2D eigenvalue weighted by molar-refractivity contribution is 5.97. The van der Waals surface area contributed by atoms with Crippen LogP contribution in [-0.2, 0) is 6.54 Å². The van der Waals surface area contributed by atoms with Crippen LogP contribution in [0, 0.1) is 20.8 Å². The van der Waals surface area contributed by atoms with Crippen molar-refractivity contribution in [2.24, 2.45) is 0 Å². The fourth-order valence-electron chi connectivity index (χ4n) is 3.17. The fraction of sp³-hybridized carbons (Fsp3) is 0.588. The van der Waals surface area contributed by atoms with Gasteiger partial charge in [0.15, 0.2) is 5.78 Å². The molecule has 1 saturated carbocycles. The Morgan fingerprint density at radius 2 is 1.95 bits per heavy atom. The van der Waals surface area contributed by atoms with Gasteiger partial charge in [0.2, 0.25) is 0 Å². The number of Topliss-reactive ketones (excluding diaryl/α,β-unsaturated/α-hetero) is 1. The molecule has 20 heavy (non-hydrogen) atoms. The van der Waals surface area contributed by atoms with E-state index in [1.165, 1.54) is 24.0 Å². The summed E-state index contributed by atoms with van der Waals surface area (Å²) in [5.74, 6) is 0.140. The summed E-state index contributed by atoms with van der Waals surface area (Å²) in [5, 5.41) is 9.22. The van der Waals surface area contributed by atoms with Gasteiger partial charge < -0.3 is 5.11 Å². The molecular formula is C17H25NO2. The first-order valence-electron chi connectivity index (χ1n) is 7.41. The van der Waals surface area contributed by atoms with Gasteiger partial charge in [-0.15, -0.1) is 0 Å². The summed E-state index contributed by atoms with van der Waals surface area (Å²) >= 11 is 0. The van der Waals surface area contributed by atoms with Crippen LogP contribution < -0.4 is 0 Å². The minimum atomic E-state index is 0.140. The van der Waals surface area contributed by atoms with Gasteiger partial charge in [-0.3, -0.25) is 9.69 Å². The molecule has 0 bridgehead atoms. The first-order chi connectivity index (χ1) is 9.45. The maximum Gasteiger partial charge on any atom is 0.160 e. The number of carbonyl (C=O) groups is 1. The number of benzene rings is 1. The quantitative estimate of drug-likeness (QED) is 0.812. The van der Waals surface area contributed by atoms with Crippen molar-refractivity contribution >= 4 is 5.78 Å². The lowest BCUT2D eigenvalue weighted by Gasteiger charge is -2.24. The number of nitrogens with zero attached hydrogens (tertiary/aromatic N) is 1. The minimum Gasteiger partial charge on any atom is -0.395 e. The van der Waals surface area contributed by atoms with E-state index in [1.807, 2.05) is 6.92 Å². The van der Waals surface area contributed by atoms with Crippen LogP contribution in [0.15, 0.2) is 6.07 Å². The summed E-state index contributed by atoms with van der Waals surface area (Å²) in [6, 6.07) is 2.73. The topological polar surface area (TPSA) is 40.5 Å². The Labute approximate surface area is 121 Å². The SMILES string of the molecule is CC(=O)c1c(C)cc(C)c(CN(CCO)C2CC2)c1C. The van der Waals surface area contributed by atoms with E-state index >= 15 is 0 Å². The number of rotatable bonds is 6. The van der Waals surface area contributed by atoms with Crippen molar-refractivity contribution in [3.8, 4) is 0 Å². The van der Waals surface area contributed by atoms with Crippen molar-refractivity contribution in [1.82, 2.24) is 4.90 Å². The average molecular weight is 275 g/mol. The van der Waals surface area contributed by atoms with Gasteiger partial charge in [0.25, 0.3) is 0 Å². The summed E-state index contributed by atoms with van der Waals surface area (Å²) in [4.78, 5) is 14.2. The Bertz CT molecular complexity index is 518. The normalized spacial score (nSPS) is 14.9. The Kier molecular flexibility index (Phi) is 4.61. The van der Waals surface area contributed by atoms with Gasteiger partial charge in [0.1, 0.15) is 0 Å². The Balaban J connectivity index is 2.35. The number of hydrogen-bond donors (Lipinski definition) is 1. The lowest BCUT2D eigenvalue weighted by Crippen LogP contribution is -2.29. The Morgan fingerprint density at radius 1 is 1.30 bits per heavy atom. The molecule has 1 aliphatic carbocycles. The highest BCUT2D eigenvalue weighted by Gasteiger charge is 2.29. The molecule has 1 aromatic carbocycles. The van der Waals surface area contributed by atoms with Gasteiger partial charge in [-0.2, -0.15) is 0 Å². The number of aliphatic hydroxyl groups is 1. The van der Waals surface area contributed by atoms with Crippen molar-refractivity contribution in [1.29, 1.82) is 0 Å². The molecule has 1 aliphatic rings. The molecule has 1 aromatic rings. The molecule has 3 nitrogen and oxygen atoms in total.